The van der Waals surface area contributed by atoms with Gasteiger partial charge in [0.25, 0.3) is 0 Å². The Kier molecular flexibility index (Phi) is 3.55. The first kappa shape index (κ1) is 11.9. The van der Waals surface area contributed by atoms with Crippen LogP contribution in [0.1, 0.15) is 19.8 Å². The first-order chi connectivity index (χ1) is 6.31. The standard InChI is InChI=1S/C9H19NO3S/c1-9(11,7-14(2,12)13)8-4-3-5-10-6-8/h8,10-11H,3-7H2,1-2H3/t8-,9+/m0/s1. The molecule has 1 saturated heterocycles. The molecule has 0 unspecified atom stereocenters. The lowest BCUT2D eigenvalue weighted by Gasteiger charge is -2.35. The average molecular weight is 221 g/mol. The maximum Gasteiger partial charge on any atom is 0.150 e. The molecule has 2 N–H and O–H groups in total. The number of piperidine rings is 1. The summed E-state index contributed by atoms with van der Waals surface area (Å²) in [5, 5.41) is 13.2. The second-order valence-electron chi connectivity index (χ2n) is 4.47. The van der Waals surface area contributed by atoms with Gasteiger partial charge in [0.2, 0.25) is 0 Å². The normalized spacial score (nSPS) is 28.4. The van der Waals surface area contributed by atoms with E-state index in [0.29, 0.717) is 6.54 Å². The Hall–Kier alpha value is -0.130. The molecule has 84 valence electrons. The van der Waals surface area contributed by atoms with Gasteiger partial charge in [-0.1, -0.05) is 0 Å². The van der Waals surface area contributed by atoms with Gasteiger partial charge in [0, 0.05) is 18.7 Å². The van der Waals surface area contributed by atoms with Crippen LogP contribution in [0.4, 0.5) is 0 Å². The van der Waals surface area contributed by atoms with Crippen molar-refractivity contribution in [1.29, 1.82) is 0 Å². The van der Waals surface area contributed by atoms with Crippen LogP contribution < -0.4 is 5.32 Å². The van der Waals surface area contributed by atoms with Crippen molar-refractivity contribution in [2.45, 2.75) is 25.4 Å². The van der Waals surface area contributed by atoms with Gasteiger partial charge in [-0.2, -0.15) is 0 Å². The molecule has 2 atom stereocenters. The first-order valence-corrected chi connectivity index (χ1v) is 6.98. The highest BCUT2D eigenvalue weighted by atomic mass is 32.2. The number of sulfone groups is 1. The summed E-state index contributed by atoms with van der Waals surface area (Å²) in [5.74, 6) is -0.0993. The zero-order valence-corrected chi connectivity index (χ0v) is 9.60. The zero-order valence-electron chi connectivity index (χ0n) is 8.78. The molecular formula is C9H19NO3S. The van der Waals surface area contributed by atoms with E-state index < -0.39 is 15.4 Å². The summed E-state index contributed by atoms with van der Waals surface area (Å²) in [6, 6.07) is 0. The Morgan fingerprint density at radius 3 is 2.64 bits per heavy atom. The average Bonchev–Trinajstić information content (AvgIpc) is 2.01. The Balaban J connectivity index is 2.63. The van der Waals surface area contributed by atoms with Gasteiger partial charge in [-0.15, -0.1) is 0 Å². The molecule has 4 nitrogen and oxygen atoms in total. The highest BCUT2D eigenvalue weighted by Gasteiger charge is 2.35. The van der Waals surface area contributed by atoms with E-state index in [1.54, 1.807) is 6.92 Å². The molecule has 0 radical (unpaired) electrons. The Bertz CT molecular complexity index is 278. The van der Waals surface area contributed by atoms with Gasteiger partial charge in [0.15, 0.2) is 0 Å². The molecule has 0 aromatic carbocycles. The van der Waals surface area contributed by atoms with Crippen molar-refractivity contribution in [3.8, 4) is 0 Å². The Labute approximate surface area is 85.6 Å². The van der Waals surface area contributed by atoms with Gasteiger partial charge in [0.1, 0.15) is 9.84 Å². The molecule has 1 fully saturated rings. The molecule has 0 saturated carbocycles. The summed E-state index contributed by atoms with van der Waals surface area (Å²) >= 11 is 0. The SMILES string of the molecule is C[C@@](O)(CS(C)(=O)=O)[C@H]1CCCNC1. The van der Waals surface area contributed by atoms with Crippen molar-refractivity contribution in [3.05, 3.63) is 0 Å². The molecular weight excluding hydrogens is 202 g/mol. The minimum Gasteiger partial charge on any atom is -0.389 e. The van der Waals surface area contributed by atoms with E-state index in [-0.39, 0.29) is 11.7 Å². The Morgan fingerprint density at radius 1 is 1.57 bits per heavy atom. The molecule has 0 aliphatic carbocycles. The van der Waals surface area contributed by atoms with Gasteiger partial charge < -0.3 is 10.4 Å². The quantitative estimate of drug-likeness (QED) is 0.691. The Morgan fingerprint density at radius 2 is 2.21 bits per heavy atom. The molecule has 0 spiro atoms. The van der Waals surface area contributed by atoms with Crippen LogP contribution >= 0.6 is 0 Å². The number of nitrogens with one attached hydrogen (secondary N) is 1. The number of hydrogen-bond donors (Lipinski definition) is 2. The third kappa shape index (κ3) is 3.55. The molecule has 0 amide bonds. The molecule has 1 aliphatic rings. The zero-order chi connectivity index (χ0) is 10.8. The minimum absolute atomic E-state index is 0.0472. The summed E-state index contributed by atoms with van der Waals surface area (Å²) < 4.78 is 22.2. The highest BCUT2D eigenvalue weighted by molar-refractivity contribution is 7.90. The molecule has 0 bridgehead atoms. The van der Waals surface area contributed by atoms with Crippen LogP contribution in [0.25, 0.3) is 0 Å². The van der Waals surface area contributed by atoms with E-state index in [1.165, 1.54) is 0 Å². The maximum absolute atomic E-state index is 11.1. The summed E-state index contributed by atoms with van der Waals surface area (Å²) in [6.45, 7) is 3.29. The van der Waals surface area contributed by atoms with Gasteiger partial charge in [-0.3, -0.25) is 0 Å². The molecule has 5 heteroatoms. The second-order valence-corrected chi connectivity index (χ2v) is 6.61. The van der Waals surface area contributed by atoms with E-state index in [2.05, 4.69) is 5.32 Å². The molecule has 1 heterocycles. The van der Waals surface area contributed by atoms with E-state index in [1.807, 2.05) is 0 Å². The minimum atomic E-state index is -3.11. The van der Waals surface area contributed by atoms with E-state index in [9.17, 15) is 13.5 Å². The number of aliphatic hydroxyl groups is 1. The fourth-order valence-electron chi connectivity index (χ4n) is 2.03. The van der Waals surface area contributed by atoms with Crippen LogP contribution in [0.3, 0.4) is 0 Å². The van der Waals surface area contributed by atoms with Gasteiger partial charge in [-0.05, 0) is 26.3 Å². The lowest BCUT2D eigenvalue weighted by molar-refractivity contribution is 0.0101. The van der Waals surface area contributed by atoms with Crippen molar-refractivity contribution >= 4 is 9.84 Å². The first-order valence-electron chi connectivity index (χ1n) is 4.92. The predicted molar refractivity (Wildman–Crippen MR) is 55.9 cm³/mol. The largest absolute Gasteiger partial charge is 0.389 e. The van der Waals surface area contributed by atoms with E-state index in [4.69, 9.17) is 0 Å². The molecule has 14 heavy (non-hydrogen) atoms. The smallest absolute Gasteiger partial charge is 0.150 e. The lowest BCUT2D eigenvalue weighted by Crippen LogP contribution is -2.48. The van der Waals surface area contributed by atoms with Crippen LogP contribution in [0.2, 0.25) is 0 Å². The van der Waals surface area contributed by atoms with Gasteiger partial charge >= 0.3 is 0 Å². The van der Waals surface area contributed by atoms with Crippen molar-refractivity contribution in [2.24, 2.45) is 5.92 Å². The molecule has 1 aliphatic heterocycles. The fraction of sp³-hybridized carbons (Fsp3) is 1.00. The van der Waals surface area contributed by atoms with Crippen LogP contribution in [0.15, 0.2) is 0 Å². The topological polar surface area (TPSA) is 66.4 Å². The third-order valence-corrected chi connectivity index (χ3v) is 3.84. The fourth-order valence-corrected chi connectivity index (χ4v) is 3.33. The second kappa shape index (κ2) is 4.16. The summed E-state index contributed by atoms with van der Waals surface area (Å²) in [7, 11) is -3.11. The summed E-state index contributed by atoms with van der Waals surface area (Å²) in [6.07, 6.45) is 3.07. The third-order valence-electron chi connectivity index (χ3n) is 2.73. The van der Waals surface area contributed by atoms with Gasteiger partial charge in [-0.25, -0.2) is 8.42 Å². The van der Waals surface area contributed by atoms with Crippen LogP contribution in [-0.4, -0.2) is 44.2 Å². The van der Waals surface area contributed by atoms with Crippen molar-refractivity contribution in [1.82, 2.24) is 5.32 Å². The number of rotatable bonds is 3. The van der Waals surface area contributed by atoms with E-state index >= 15 is 0 Å². The van der Waals surface area contributed by atoms with Crippen LogP contribution in [0, 0.1) is 5.92 Å². The molecule has 0 aromatic heterocycles. The van der Waals surface area contributed by atoms with Crippen LogP contribution in [-0.2, 0) is 9.84 Å². The molecule has 1 rings (SSSR count). The summed E-state index contributed by atoms with van der Waals surface area (Å²) in [5.41, 5.74) is -1.10. The van der Waals surface area contributed by atoms with Gasteiger partial charge in [0.05, 0.1) is 11.4 Å². The highest BCUT2D eigenvalue weighted by Crippen LogP contribution is 2.25. The van der Waals surface area contributed by atoms with Crippen molar-refractivity contribution in [2.75, 3.05) is 25.1 Å². The van der Waals surface area contributed by atoms with Crippen molar-refractivity contribution < 1.29 is 13.5 Å². The van der Waals surface area contributed by atoms with Crippen molar-refractivity contribution in [3.63, 3.8) is 0 Å². The molecule has 0 aromatic rings. The summed E-state index contributed by atoms with van der Waals surface area (Å²) in [4.78, 5) is 0. The lowest BCUT2D eigenvalue weighted by atomic mass is 9.85. The monoisotopic (exact) mass is 221 g/mol. The van der Waals surface area contributed by atoms with E-state index in [0.717, 1.165) is 25.6 Å². The van der Waals surface area contributed by atoms with Crippen LogP contribution in [0.5, 0.6) is 0 Å². The predicted octanol–water partition coefficient (Wildman–Crippen LogP) is -0.218. The number of hydrogen-bond acceptors (Lipinski definition) is 4. The maximum atomic E-state index is 11.1.